The van der Waals surface area contributed by atoms with Crippen LogP contribution >= 0.6 is 11.3 Å². The quantitative estimate of drug-likeness (QED) is 0.908. The lowest BCUT2D eigenvalue weighted by Gasteiger charge is -2.11. The van der Waals surface area contributed by atoms with Crippen molar-refractivity contribution in [3.05, 3.63) is 34.3 Å². The predicted molar refractivity (Wildman–Crippen MR) is 71.8 cm³/mol. The summed E-state index contributed by atoms with van der Waals surface area (Å²) in [5.74, 6) is 2.30. The molecule has 0 saturated carbocycles. The van der Waals surface area contributed by atoms with Gasteiger partial charge in [0, 0.05) is 29.8 Å². The second kappa shape index (κ2) is 5.46. The van der Waals surface area contributed by atoms with Crippen LogP contribution in [0.1, 0.15) is 10.6 Å². The van der Waals surface area contributed by atoms with Crippen LogP contribution in [0.5, 0.6) is 17.2 Å². The van der Waals surface area contributed by atoms with E-state index in [1.54, 1.807) is 17.5 Å². The third-order valence-corrected chi connectivity index (χ3v) is 3.51. The van der Waals surface area contributed by atoms with Gasteiger partial charge in [-0.25, -0.2) is 4.98 Å². The molecule has 6 heteroatoms. The Hall–Kier alpha value is -1.79. The summed E-state index contributed by atoms with van der Waals surface area (Å²) in [4.78, 5) is 4.20. The first-order valence-corrected chi connectivity index (χ1v) is 6.83. The zero-order valence-electron chi connectivity index (χ0n) is 10.5. The number of benzene rings is 1. The van der Waals surface area contributed by atoms with Gasteiger partial charge < -0.3 is 19.5 Å². The fourth-order valence-electron chi connectivity index (χ4n) is 1.89. The van der Waals surface area contributed by atoms with Gasteiger partial charge in [-0.15, -0.1) is 11.3 Å². The van der Waals surface area contributed by atoms with Gasteiger partial charge in [-0.2, -0.15) is 0 Å². The minimum atomic E-state index is 0.268. The second-order valence-electron chi connectivity index (χ2n) is 4.06. The Morgan fingerprint density at radius 2 is 2.21 bits per heavy atom. The number of hydrogen-bond donors (Lipinski definition) is 1. The molecule has 2 heterocycles. The molecule has 0 spiro atoms. The molecule has 0 unspecified atom stereocenters. The highest BCUT2D eigenvalue weighted by molar-refractivity contribution is 7.09. The predicted octanol–water partition coefficient (Wildman–Crippen LogP) is 2.17. The van der Waals surface area contributed by atoms with Crippen molar-refractivity contribution in [1.82, 2.24) is 10.3 Å². The Balaban J connectivity index is 1.82. The first kappa shape index (κ1) is 12.3. The van der Waals surface area contributed by atoms with Gasteiger partial charge >= 0.3 is 0 Å². The molecule has 100 valence electrons. The van der Waals surface area contributed by atoms with Gasteiger partial charge in [0.2, 0.25) is 6.79 Å². The van der Waals surface area contributed by atoms with E-state index < -0.39 is 0 Å². The van der Waals surface area contributed by atoms with Crippen LogP contribution in [0.15, 0.2) is 23.7 Å². The van der Waals surface area contributed by atoms with E-state index in [4.69, 9.17) is 14.2 Å². The summed E-state index contributed by atoms with van der Waals surface area (Å²) in [5.41, 5.74) is 1.04. The van der Waals surface area contributed by atoms with Crippen LogP contribution in [0.3, 0.4) is 0 Å². The summed E-state index contributed by atoms with van der Waals surface area (Å²) < 4.78 is 16.6. The maximum Gasteiger partial charge on any atom is 0.231 e. The largest absolute Gasteiger partial charge is 0.486 e. The van der Waals surface area contributed by atoms with Crippen molar-refractivity contribution in [3.8, 4) is 17.2 Å². The van der Waals surface area contributed by atoms with Crippen LogP contribution in [0, 0.1) is 0 Å². The Morgan fingerprint density at radius 3 is 2.95 bits per heavy atom. The van der Waals surface area contributed by atoms with E-state index in [-0.39, 0.29) is 6.79 Å². The lowest BCUT2D eigenvalue weighted by atomic mass is 10.1. The Kier molecular flexibility index (Phi) is 3.52. The maximum atomic E-state index is 5.83. The highest BCUT2D eigenvalue weighted by Crippen LogP contribution is 2.38. The summed E-state index contributed by atoms with van der Waals surface area (Å²) in [7, 11) is 1.90. The van der Waals surface area contributed by atoms with E-state index >= 15 is 0 Å². The molecule has 0 fully saturated rings. The smallest absolute Gasteiger partial charge is 0.231 e. The van der Waals surface area contributed by atoms with Crippen molar-refractivity contribution in [2.75, 3.05) is 13.8 Å². The molecule has 1 aromatic carbocycles. The van der Waals surface area contributed by atoms with Crippen molar-refractivity contribution in [2.24, 2.45) is 0 Å². The molecule has 0 amide bonds. The molecular formula is C13H14N2O3S. The third-order valence-electron chi connectivity index (χ3n) is 2.76. The molecule has 0 bridgehead atoms. The van der Waals surface area contributed by atoms with E-state index in [1.165, 1.54) is 0 Å². The molecule has 1 aliphatic heterocycles. The number of hydrogen-bond acceptors (Lipinski definition) is 6. The van der Waals surface area contributed by atoms with Crippen molar-refractivity contribution < 1.29 is 14.2 Å². The first-order chi connectivity index (χ1) is 9.36. The number of nitrogens with one attached hydrogen (secondary N) is 1. The summed E-state index contributed by atoms with van der Waals surface area (Å²) in [6.45, 7) is 1.45. The number of thiazole rings is 1. The van der Waals surface area contributed by atoms with E-state index in [9.17, 15) is 0 Å². The average Bonchev–Trinajstić information content (AvgIpc) is 3.07. The maximum absolute atomic E-state index is 5.83. The van der Waals surface area contributed by atoms with Gasteiger partial charge in [0.05, 0.1) is 0 Å². The summed E-state index contributed by atoms with van der Waals surface area (Å²) in [5, 5.41) is 6.01. The summed E-state index contributed by atoms with van der Waals surface area (Å²) >= 11 is 1.58. The zero-order chi connectivity index (χ0) is 13.1. The van der Waals surface area contributed by atoms with Crippen molar-refractivity contribution >= 4 is 11.3 Å². The van der Waals surface area contributed by atoms with Crippen molar-refractivity contribution in [2.45, 2.75) is 13.2 Å². The highest BCUT2D eigenvalue weighted by Gasteiger charge is 2.18. The monoisotopic (exact) mass is 278 g/mol. The van der Waals surface area contributed by atoms with Gasteiger partial charge in [0.15, 0.2) is 11.5 Å². The topological polar surface area (TPSA) is 52.6 Å². The molecule has 0 atom stereocenters. The molecule has 0 saturated heterocycles. The molecule has 0 aliphatic carbocycles. The fraction of sp³-hybridized carbons (Fsp3) is 0.308. The van der Waals surface area contributed by atoms with Gasteiger partial charge in [0.1, 0.15) is 17.4 Å². The standard InChI is InChI=1S/C13H14N2O3S/c1-14-6-9-4-11-12(18-8-17-11)5-10(9)16-7-13-15-2-3-19-13/h2-5,14H,6-8H2,1H3. The molecule has 5 nitrogen and oxygen atoms in total. The Labute approximate surface area is 115 Å². The summed E-state index contributed by atoms with van der Waals surface area (Å²) in [6, 6.07) is 3.83. The van der Waals surface area contributed by atoms with Gasteiger partial charge in [-0.1, -0.05) is 0 Å². The number of ether oxygens (including phenoxy) is 3. The molecular weight excluding hydrogens is 264 g/mol. The zero-order valence-corrected chi connectivity index (χ0v) is 11.3. The van der Waals surface area contributed by atoms with Crippen LogP contribution in [0.2, 0.25) is 0 Å². The molecule has 1 aliphatic rings. The van der Waals surface area contributed by atoms with E-state index in [0.29, 0.717) is 13.2 Å². The molecule has 2 aromatic rings. The molecule has 19 heavy (non-hydrogen) atoms. The lowest BCUT2D eigenvalue weighted by molar-refractivity contribution is 0.173. The minimum absolute atomic E-state index is 0.268. The van der Waals surface area contributed by atoms with Crippen LogP contribution in [0.25, 0.3) is 0 Å². The van der Waals surface area contributed by atoms with Crippen LogP contribution in [0.4, 0.5) is 0 Å². The average molecular weight is 278 g/mol. The van der Waals surface area contributed by atoms with Crippen LogP contribution in [-0.2, 0) is 13.2 Å². The number of fused-ring (bicyclic) bond motifs is 1. The third kappa shape index (κ3) is 2.64. The van der Waals surface area contributed by atoms with E-state index in [1.807, 2.05) is 24.6 Å². The lowest BCUT2D eigenvalue weighted by Crippen LogP contribution is -2.07. The van der Waals surface area contributed by atoms with Gasteiger partial charge in [-0.05, 0) is 13.1 Å². The van der Waals surface area contributed by atoms with E-state index in [2.05, 4.69) is 10.3 Å². The minimum Gasteiger partial charge on any atom is -0.486 e. The van der Waals surface area contributed by atoms with Gasteiger partial charge in [-0.3, -0.25) is 0 Å². The van der Waals surface area contributed by atoms with Crippen molar-refractivity contribution in [1.29, 1.82) is 0 Å². The molecule has 0 radical (unpaired) electrons. The SMILES string of the molecule is CNCc1cc2c(cc1OCc1nccs1)OCO2. The summed E-state index contributed by atoms with van der Waals surface area (Å²) in [6.07, 6.45) is 1.78. The fourth-order valence-corrected chi connectivity index (χ4v) is 2.42. The molecule has 1 aromatic heterocycles. The Bertz CT molecular complexity index is 557. The second-order valence-corrected chi connectivity index (χ2v) is 5.04. The molecule has 1 N–H and O–H groups in total. The highest BCUT2D eigenvalue weighted by atomic mass is 32.1. The molecule has 3 rings (SSSR count). The van der Waals surface area contributed by atoms with Crippen LogP contribution in [-0.4, -0.2) is 18.8 Å². The van der Waals surface area contributed by atoms with Gasteiger partial charge in [0.25, 0.3) is 0 Å². The van der Waals surface area contributed by atoms with Crippen molar-refractivity contribution in [3.63, 3.8) is 0 Å². The first-order valence-electron chi connectivity index (χ1n) is 5.95. The Morgan fingerprint density at radius 1 is 1.37 bits per heavy atom. The number of rotatable bonds is 5. The normalized spacial score (nSPS) is 12.7. The van der Waals surface area contributed by atoms with E-state index in [0.717, 1.165) is 27.8 Å². The van der Waals surface area contributed by atoms with Crippen LogP contribution < -0.4 is 19.5 Å². The number of nitrogens with zero attached hydrogens (tertiary/aromatic N) is 1. The number of aromatic nitrogens is 1.